The van der Waals surface area contributed by atoms with Gasteiger partial charge >= 0.3 is 0 Å². The summed E-state index contributed by atoms with van der Waals surface area (Å²) >= 11 is 0. The van der Waals surface area contributed by atoms with E-state index in [0.717, 1.165) is 34.8 Å². The van der Waals surface area contributed by atoms with Crippen LogP contribution in [0.4, 0.5) is 0 Å². The average Bonchev–Trinajstić information content (AvgIpc) is 3.03. The first-order valence-electron chi connectivity index (χ1n) is 10.8. The Morgan fingerprint density at radius 2 is 1.90 bits per heavy atom. The second-order valence-corrected chi connectivity index (χ2v) is 8.31. The van der Waals surface area contributed by atoms with Crippen LogP contribution in [0, 0.1) is 19.9 Å². The maximum atomic E-state index is 12.2. The summed E-state index contributed by atoms with van der Waals surface area (Å²) in [6.45, 7) is 7.25. The third-order valence-corrected chi connectivity index (χ3v) is 6.02. The van der Waals surface area contributed by atoms with Crippen LogP contribution in [0.5, 0.6) is 0 Å². The summed E-state index contributed by atoms with van der Waals surface area (Å²) in [5.41, 5.74) is 13.5. The van der Waals surface area contributed by atoms with Gasteiger partial charge in [-0.05, 0) is 67.6 Å². The summed E-state index contributed by atoms with van der Waals surface area (Å²) in [5.74, 6) is -0.397. The van der Waals surface area contributed by atoms with Crippen LogP contribution in [0.15, 0.2) is 48.5 Å². The number of nitrogens with zero attached hydrogens (tertiary/aromatic N) is 1. The van der Waals surface area contributed by atoms with Crippen molar-refractivity contribution in [2.24, 2.45) is 5.73 Å². The molecule has 2 N–H and O–H groups in total. The van der Waals surface area contributed by atoms with E-state index in [2.05, 4.69) is 67.8 Å². The van der Waals surface area contributed by atoms with Gasteiger partial charge in [0.25, 0.3) is 0 Å². The first kappa shape index (κ1) is 20.2. The highest BCUT2D eigenvalue weighted by Gasteiger charge is 2.17. The number of benzene rings is 3. The highest BCUT2D eigenvalue weighted by molar-refractivity contribution is 6.17. The summed E-state index contributed by atoms with van der Waals surface area (Å²) in [6.07, 6.45) is 4.67. The Labute approximate surface area is 178 Å². The zero-order chi connectivity index (χ0) is 21.3. The van der Waals surface area contributed by atoms with Crippen LogP contribution in [0.25, 0.3) is 21.8 Å². The molecule has 1 radical (unpaired) electrons. The van der Waals surface area contributed by atoms with Crippen LogP contribution in [0.1, 0.15) is 58.8 Å². The molecule has 3 heteroatoms. The van der Waals surface area contributed by atoms with Gasteiger partial charge in [-0.3, -0.25) is 4.79 Å². The Morgan fingerprint density at radius 3 is 2.63 bits per heavy atom. The Balaban J connectivity index is 1.93. The molecular weight excluding hydrogens is 368 g/mol. The normalized spacial score (nSPS) is 11.4. The number of aromatic nitrogens is 1. The van der Waals surface area contributed by atoms with E-state index in [9.17, 15) is 4.79 Å². The molecule has 153 valence electrons. The van der Waals surface area contributed by atoms with E-state index in [1.165, 1.54) is 41.5 Å². The molecule has 0 saturated carbocycles. The largest absolute Gasteiger partial charge is 0.366 e. The number of unbranched alkanes of at least 4 members (excludes halogenated alkanes) is 2. The monoisotopic (exact) mass is 397 g/mol. The molecule has 3 nitrogen and oxygen atoms in total. The molecule has 0 unspecified atom stereocenters. The SMILES string of the molecule is CCCCCc1c[c]c2c3c(C(N)=O)cccc3n(Cc3ccc(C)cc3C)c2c1. The van der Waals surface area contributed by atoms with Gasteiger partial charge in [0.2, 0.25) is 5.91 Å². The fourth-order valence-electron chi connectivity index (χ4n) is 4.39. The predicted molar refractivity (Wildman–Crippen MR) is 125 cm³/mol. The number of aryl methyl sites for hydroxylation is 3. The van der Waals surface area contributed by atoms with E-state index >= 15 is 0 Å². The highest BCUT2D eigenvalue weighted by Crippen LogP contribution is 2.33. The minimum Gasteiger partial charge on any atom is -0.366 e. The van der Waals surface area contributed by atoms with E-state index in [1.807, 2.05) is 12.1 Å². The number of amides is 1. The molecule has 0 aliphatic rings. The van der Waals surface area contributed by atoms with Crippen molar-refractivity contribution in [2.45, 2.75) is 53.0 Å². The first-order valence-corrected chi connectivity index (χ1v) is 10.8. The van der Waals surface area contributed by atoms with Crippen LogP contribution < -0.4 is 5.73 Å². The summed E-state index contributed by atoms with van der Waals surface area (Å²) in [7, 11) is 0. The van der Waals surface area contributed by atoms with Gasteiger partial charge in [0.05, 0.1) is 11.0 Å². The Hall–Kier alpha value is -3.07. The number of hydrogen-bond donors (Lipinski definition) is 1. The molecule has 0 aliphatic heterocycles. The van der Waals surface area contributed by atoms with Crippen molar-refractivity contribution < 1.29 is 4.79 Å². The lowest BCUT2D eigenvalue weighted by Gasteiger charge is -2.12. The lowest BCUT2D eigenvalue weighted by Crippen LogP contribution is -2.11. The highest BCUT2D eigenvalue weighted by atomic mass is 16.1. The van der Waals surface area contributed by atoms with E-state index in [-0.39, 0.29) is 0 Å². The third kappa shape index (κ3) is 3.72. The molecule has 0 spiro atoms. The summed E-state index contributed by atoms with van der Waals surface area (Å²) in [4.78, 5) is 12.2. The molecule has 0 aliphatic carbocycles. The van der Waals surface area contributed by atoms with Crippen molar-refractivity contribution >= 4 is 27.7 Å². The van der Waals surface area contributed by atoms with Gasteiger partial charge < -0.3 is 10.3 Å². The number of fused-ring (bicyclic) bond motifs is 3. The first-order chi connectivity index (χ1) is 14.5. The Bertz CT molecular complexity index is 1230. The van der Waals surface area contributed by atoms with Gasteiger partial charge in [-0.1, -0.05) is 55.7 Å². The summed E-state index contributed by atoms with van der Waals surface area (Å²) in [5, 5.41) is 1.88. The second kappa shape index (κ2) is 8.35. The van der Waals surface area contributed by atoms with Crippen LogP contribution >= 0.6 is 0 Å². The predicted octanol–water partition coefficient (Wildman–Crippen LogP) is 6.09. The van der Waals surface area contributed by atoms with Crippen LogP contribution in [0.3, 0.4) is 0 Å². The van der Waals surface area contributed by atoms with Crippen molar-refractivity contribution in [1.29, 1.82) is 0 Å². The lowest BCUT2D eigenvalue weighted by molar-refractivity contribution is 0.100. The molecule has 1 heterocycles. The summed E-state index contributed by atoms with van der Waals surface area (Å²) < 4.78 is 2.31. The average molecular weight is 398 g/mol. The Morgan fingerprint density at radius 1 is 1.07 bits per heavy atom. The standard InChI is InChI=1S/C27H29N2O/c1-4-5-6-8-20-12-14-22-25(16-20)29(17-21-13-11-18(2)15-19(21)3)24-10-7-9-23(26(22)24)27(28)30/h7,9-13,15-16H,4-6,8,17H2,1-3H3,(H2,28,30). The number of carbonyl (C=O) groups excluding carboxylic acids is 1. The van der Waals surface area contributed by atoms with E-state index in [4.69, 9.17) is 5.73 Å². The number of primary amides is 1. The van der Waals surface area contributed by atoms with Crippen molar-refractivity contribution in [1.82, 2.24) is 4.57 Å². The van der Waals surface area contributed by atoms with Gasteiger partial charge in [-0.2, -0.15) is 0 Å². The van der Waals surface area contributed by atoms with E-state index in [1.54, 1.807) is 0 Å². The number of nitrogens with two attached hydrogens (primary N) is 1. The molecule has 3 aromatic carbocycles. The van der Waals surface area contributed by atoms with Crippen molar-refractivity contribution in [3.8, 4) is 0 Å². The molecule has 30 heavy (non-hydrogen) atoms. The van der Waals surface area contributed by atoms with Gasteiger partial charge in [-0.15, -0.1) is 0 Å². The fourth-order valence-corrected chi connectivity index (χ4v) is 4.39. The molecule has 0 fully saturated rings. The van der Waals surface area contributed by atoms with Gasteiger partial charge in [0.15, 0.2) is 0 Å². The lowest BCUT2D eigenvalue weighted by atomic mass is 10.0. The number of rotatable bonds is 7. The van der Waals surface area contributed by atoms with Gasteiger partial charge in [0, 0.05) is 22.9 Å². The molecule has 0 bridgehead atoms. The number of carbonyl (C=O) groups is 1. The van der Waals surface area contributed by atoms with Crippen LogP contribution in [-0.2, 0) is 13.0 Å². The Kier molecular flexibility index (Phi) is 5.63. The fraction of sp³-hybridized carbons (Fsp3) is 0.296. The molecular formula is C27H29N2O. The van der Waals surface area contributed by atoms with E-state index in [0.29, 0.717) is 5.56 Å². The summed E-state index contributed by atoms with van der Waals surface area (Å²) in [6, 6.07) is 20.2. The quantitative estimate of drug-likeness (QED) is 0.377. The van der Waals surface area contributed by atoms with Crippen LogP contribution in [0.2, 0.25) is 0 Å². The smallest absolute Gasteiger partial charge is 0.249 e. The topological polar surface area (TPSA) is 48.0 Å². The zero-order valence-corrected chi connectivity index (χ0v) is 18.1. The molecule has 0 saturated heterocycles. The maximum Gasteiger partial charge on any atom is 0.249 e. The molecule has 4 aromatic rings. The van der Waals surface area contributed by atoms with Crippen LogP contribution in [-0.4, -0.2) is 10.5 Å². The van der Waals surface area contributed by atoms with E-state index < -0.39 is 5.91 Å². The second-order valence-electron chi connectivity index (χ2n) is 8.31. The van der Waals surface area contributed by atoms with Gasteiger partial charge in [-0.25, -0.2) is 0 Å². The number of hydrogen-bond acceptors (Lipinski definition) is 1. The molecule has 1 amide bonds. The van der Waals surface area contributed by atoms with Crippen molar-refractivity contribution in [2.75, 3.05) is 0 Å². The molecule has 0 atom stereocenters. The third-order valence-electron chi connectivity index (χ3n) is 6.02. The van der Waals surface area contributed by atoms with Crippen molar-refractivity contribution in [3.63, 3.8) is 0 Å². The maximum absolute atomic E-state index is 12.2. The zero-order valence-electron chi connectivity index (χ0n) is 18.1. The molecule has 1 aromatic heterocycles. The van der Waals surface area contributed by atoms with Crippen molar-refractivity contribution in [3.05, 3.63) is 82.4 Å². The molecule has 4 rings (SSSR count). The van der Waals surface area contributed by atoms with Gasteiger partial charge in [0.1, 0.15) is 0 Å². The minimum absolute atomic E-state index is 0.397. The minimum atomic E-state index is -0.397.